The Kier molecular flexibility index (Phi) is 7.04. The number of rotatable bonds is 7. The number of carbonyl (C=O) groups is 1. The van der Waals surface area contributed by atoms with Crippen molar-refractivity contribution < 1.29 is 31.8 Å². The van der Waals surface area contributed by atoms with E-state index in [-0.39, 0.29) is 34.6 Å². The second kappa shape index (κ2) is 9.07. The van der Waals surface area contributed by atoms with E-state index >= 15 is 0 Å². The minimum atomic E-state index is -3.45. The molecule has 28 heavy (non-hydrogen) atoms. The van der Waals surface area contributed by atoms with E-state index in [1.54, 1.807) is 6.92 Å². The van der Waals surface area contributed by atoms with Gasteiger partial charge in [0.15, 0.2) is 9.84 Å². The van der Waals surface area contributed by atoms with E-state index < -0.39 is 34.0 Å². The predicted molar refractivity (Wildman–Crippen MR) is 100 cm³/mol. The van der Waals surface area contributed by atoms with E-state index in [0.717, 1.165) is 12.3 Å². The standard InChI is InChI=1S/C20H20F2O5S/c1-3-27-20(24)17(10-11-23)19(16-9-6-14(21)12-18(16)22)13-4-7-15(8-5-13)28(2,25)26/h4-9,12,23H,3,10-11H2,1-2H3. The molecule has 0 spiro atoms. The van der Waals surface area contributed by atoms with Gasteiger partial charge in [-0.15, -0.1) is 0 Å². The van der Waals surface area contributed by atoms with E-state index in [9.17, 15) is 27.1 Å². The summed E-state index contributed by atoms with van der Waals surface area (Å²) < 4.78 is 56.3. The first-order valence-electron chi connectivity index (χ1n) is 8.46. The highest BCUT2D eigenvalue weighted by Gasteiger charge is 2.22. The Morgan fingerprint density at radius 2 is 1.75 bits per heavy atom. The molecule has 5 nitrogen and oxygen atoms in total. The summed E-state index contributed by atoms with van der Waals surface area (Å²) in [6, 6.07) is 8.41. The zero-order valence-electron chi connectivity index (χ0n) is 15.4. The van der Waals surface area contributed by atoms with Crippen molar-refractivity contribution in [3.8, 4) is 0 Å². The van der Waals surface area contributed by atoms with Crippen molar-refractivity contribution in [1.82, 2.24) is 0 Å². The highest BCUT2D eigenvalue weighted by molar-refractivity contribution is 7.90. The predicted octanol–water partition coefficient (Wildman–Crippen LogP) is 3.12. The molecule has 0 bridgehead atoms. The normalized spacial score (nSPS) is 12.5. The van der Waals surface area contributed by atoms with Crippen LogP contribution in [0.3, 0.4) is 0 Å². The summed E-state index contributed by atoms with van der Waals surface area (Å²) in [5.41, 5.74) is 0.367. The van der Waals surface area contributed by atoms with Crippen molar-refractivity contribution in [2.75, 3.05) is 19.5 Å². The van der Waals surface area contributed by atoms with Crippen LogP contribution in [0.4, 0.5) is 8.78 Å². The molecule has 0 aromatic heterocycles. The lowest BCUT2D eigenvalue weighted by atomic mass is 9.91. The van der Waals surface area contributed by atoms with Gasteiger partial charge in [0.2, 0.25) is 0 Å². The summed E-state index contributed by atoms with van der Waals surface area (Å²) in [4.78, 5) is 12.5. The van der Waals surface area contributed by atoms with E-state index in [4.69, 9.17) is 4.74 Å². The van der Waals surface area contributed by atoms with Gasteiger partial charge in [-0.05, 0) is 36.8 Å². The van der Waals surface area contributed by atoms with Crippen LogP contribution >= 0.6 is 0 Å². The molecule has 2 aromatic rings. The highest BCUT2D eigenvalue weighted by atomic mass is 32.2. The van der Waals surface area contributed by atoms with Crippen molar-refractivity contribution in [1.29, 1.82) is 0 Å². The quantitative estimate of drug-likeness (QED) is 0.560. The molecule has 1 N–H and O–H groups in total. The fourth-order valence-electron chi connectivity index (χ4n) is 2.71. The largest absolute Gasteiger partial charge is 0.463 e. The van der Waals surface area contributed by atoms with Crippen LogP contribution < -0.4 is 0 Å². The van der Waals surface area contributed by atoms with E-state index in [1.807, 2.05) is 0 Å². The molecule has 0 unspecified atom stereocenters. The number of aliphatic hydroxyl groups excluding tert-OH is 1. The summed E-state index contributed by atoms with van der Waals surface area (Å²) in [6.07, 6.45) is 0.924. The van der Waals surface area contributed by atoms with E-state index in [0.29, 0.717) is 11.6 Å². The van der Waals surface area contributed by atoms with Gasteiger partial charge in [-0.2, -0.15) is 0 Å². The fraction of sp³-hybridized carbons (Fsp3) is 0.250. The van der Waals surface area contributed by atoms with E-state index in [1.165, 1.54) is 30.3 Å². The van der Waals surface area contributed by atoms with Crippen LogP contribution in [-0.2, 0) is 19.4 Å². The fourth-order valence-corrected chi connectivity index (χ4v) is 3.34. The van der Waals surface area contributed by atoms with Crippen LogP contribution in [0.15, 0.2) is 52.9 Å². The lowest BCUT2D eigenvalue weighted by molar-refractivity contribution is -0.138. The SMILES string of the molecule is CCOC(=O)C(CCO)=C(c1ccc(S(C)(=O)=O)cc1)c1ccc(F)cc1F. The van der Waals surface area contributed by atoms with Gasteiger partial charge in [-0.1, -0.05) is 12.1 Å². The van der Waals surface area contributed by atoms with Gasteiger partial charge in [0.1, 0.15) is 11.6 Å². The molecule has 0 saturated heterocycles. The molecule has 0 fully saturated rings. The highest BCUT2D eigenvalue weighted by Crippen LogP contribution is 2.32. The molecule has 0 aliphatic carbocycles. The minimum absolute atomic E-state index is 0.00182. The Morgan fingerprint density at radius 1 is 1.11 bits per heavy atom. The van der Waals surface area contributed by atoms with Crippen molar-refractivity contribution in [2.24, 2.45) is 0 Å². The van der Waals surface area contributed by atoms with Gasteiger partial charge in [0, 0.05) is 42.1 Å². The molecule has 2 aromatic carbocycles. The van der Waals surface area contributed by atoms with Crippen LogP contribution in [0.1, 0.15) is 24.5 Å². The second-order valence-electron chi connectivity index (χ2n) is 5.97. The van der Waals surface area contributed by atoms with Gasteiger partial charge in [-0.3, -0.25) is 0 Å². The number of benzene rings is 2. The van der Waals surface area contributed by atoms with Crippen molar-refractivity contribution in [3.63, 3.8) is 0 Å². The maximum atomic E-state index is 14.5. The zero-order chi connectivity index (χ0) is 20.9. The average Bonchev–Trinajstić information content (AvgIpc) is 2.62. The number of carbonyl (C=O) groups excluding carboxylic acids is 1. The number of aliphatic hydroxyl groups is 1. The van der Waals surface area contributed by atoms with Gasteiger partial charge in [-0.25, -0.2) is 22.0 Å². The molecular weight excluding hydrogens is 390 g/mol. The number of halogens is 2. The van der Waals surface area contributed by atoms with Crippen molar-refractivity contribution in [3.05, 3.63) is 70.8 Å². The Morgan fingerprint density at radius 3 is 2.25 bits per heavy atom. The molecular formula is C20H20F2O5S. The first-order valence-corrected chi connectivity index (χ1v) is 10.3. The molecule has 0 saturated carbocycles. The third-order valence-corrected chi connectivity index (χ3v) is 5.09. The van der Waals surface area contributed by atoms with Crippen molar-refractivity contribution in [2.45, 2.75) is 18.2 Å². The molecule has 0 atom stereocenters. The Balaban J connectivity index is 2.77. The molecule has 2 rings (SSSR count). The van der Waals surface area contributed by atoms with Crippen LogP contribution in [0, 0.1) is 11.6 Å². The third kappa shape index (κ3) is 5.02. The van der Waals surface area contributed by atoms with Crippen molar-refractivity contribution >= 4 is 21.4 Å². The number of sulfone groups is 1. The summed E-state index contributed by atoms with van der Waals surface area (Å²) in [6.45, 7) is 1.27. The molecule has 0 amide bonds. The van der Waals surface area contributed by atoms with Crippen LogP contribution in [0.2, 0.25) is 0 Å². The van der Waals surface area contributed by atoms with Crippen LogP contribution in [0.25, 0.3) is 5.57 Å². The molecule has 0 aliphatic rings. The maximum Gasteiger partial charge on any atom is 0.334 e. The molecule has 0 heterocycles. The topological polar surface area (TPSA) is 80.7 Å². The van der Waals surface area contributed by atoms with Gasteiger partial charge in [0.25, 0.3) is 0 Å². The lowest BCUT2D eigenvalue weighted by Crippen LogP contribution is -2.13. The molecule has 0 aliphatic heterocycles. The first kappa shape index (κ1) is 21.7. The summed E-state index contributed by atoms with van der Waals surface area (Å²) >= 11 is 0. The Labute approximate surface area is 162 Å². The summed E-state index contributed by atoms with van der Waals surface area (Å²) in [5, 5.41) is 9.39. The van der Waals surface area contributed by atoms with Crippen LogP contribution in [-0.4, -0.2) is 39.0 Å². The number of ether oxygens (including phenoxy) is 1. The second-order valence-corrected chi connectivity index (χ2v) is 7.98. The lowest BCUT2D eigenvalue weighted by Gasteiger charge is -2.16. The summed E-state index contributed by atoms with van der Waals surface area (Å²) in [7, 11) is -3.45. The Hall–Kier alpha value is -2.58. The summed E-state index contributed by atoms with van der Waals surface area (Å²) in [5.74, 6) is -2.43. The van der Waals surface area contributed by atoms with Crippen LogP contribution in [0.5, 0.6) is 0 Å². The zero-order valence-corrected chi connectivity index (χ0v) is 16.2. The van der Waals surface area contributed by atoms with E-state index in [2.05, 4.69) is 0 Å². The van der Waals surface area contributed by atoms with Gasteiger partial charge < -0.3 is 9.84 Å². The maximum absolute atomic E-state index is 14.5. The number of hydrogen-bond donors (Lipinski definition) is 1. The molecule has 8 heteroatoms. The molecule has 0 radical (unpaired) electrons. The first-order chi connectivity index (χ1) is 13.2. The number of hydrogen-bond acceptors (Lipinski definition) is 5. The number of esters is 1. The van der Waals surface area contributed by atoms with Gasteiger partial charge >= 0.3 is 5.97 Å². The smallest absolute Gasteiger partial charge is 0.334 e. The Bertz CT molecular complexity index is 996. The molecule has 150 valence electrons. The minimum Gasteiger partial charge on any atom is -0.463 e. The average molecular weight is 410 g/mol. The monoisotopic (exact) mass is 410 g/mol. The van der Waals surface area contributed by atoms with Gasteiger partial charge in [0.05, 0.1) is 11.5 Å². The third-order valence-electron chi connectivity index (χ3n) is 3.96.